The molecule has 2 bridgehead atoms. The summed E-state index contributed by atoms with van der Waals surface area (Å²) >= 11 is 1.20. The van der Waals surface area contributed by atoms with E-state index in [-0.39, 0.29) is 40.7 Å². The first kappa shape index (κ1) is 28.9. The smallest absolute Gasteiger partial charge is 0.316 e. The molecule has 40 heavy (non-hydrogen) atoms. The van der Waals surface area contributed by atoms with E-state index in [1.165, 1.54) is 11.8 Å². The van der Waals surface area contributed by atoms with Crippen molar-refractivity contribution in [3.05, 3.63) is 36.9 Å². The lowest BCUT2D eigenvalue weighted by molar-refractivity contribution is -0.205. The minimum absolute atomic E-state index is 0.0255. The largest absolute Gasteiger partial charge is 0.496 e. The lowest BCUT2D eigenvalue weighted by atomic mass is 9.44. The number of carbonyl (C=O) groups excluding carboxylic acids is 2. The summed E-state index contributed by atoms with van der Waals surface area (Å²) < 4.78 is 11.7. The Morgan fingerprint density at radius 2 is 2.02 bits per heavy atom. The highest BCUT2D eigenvalue weighted by molar-refractivity contribution is 7.99. The molecule has 0 saturated heterocycles. The van der Waals surface area contributed by atoms with E-state index in [1.54, 1.807) is 7.11 Å². The summed E-state index contributed by atoms with van der Waals surface area (Å²) in [4.78, 5) is 31.5. The minimum atomic E-state index is -0.686. The molecule has 2 aromatic rings. The van der Waals surface area contributed by atoms with Gasteiger partial charge >= 0.3 is 5.97 Å². The number of nitrogens with one attached hydrogen (secondary N) is 1. The maximum Gasteiger partial charge on any atom is 0.316 e. The van der Waals surface area contributed by atoms with Gasteiger partial charge < -0.3 is 14.6 Å². The number of carbonyl (C=O) groups is 2. The zero-order valence-corrected chi connectivity index (χ0v) is 24.9. The van der Waals surface area contributed by atoms with Gasteiger partial charge in [-0.05, 0) is 55.1 Å². The minimum Gasteiger partial charge on any atom is -0.496 e. The topological polar surface area (TPSA) is 114 Å². The first-order chi connectivity index (χ1) is 19.0. The van der Waals surface area contributed by atoms with Gasteiger partial charge in [-0.1, -0.05) is 57.7 Å². The molecule has 8 atom stereocenters. The maximum absolute atomic E-state index is 13.5. The summed E-state index contributed by atoms with van der Waals surface area (Å²) in [6.45, 7) is 12.5. The number of hydrogen-bond acceptors (Lipinski definition) is 8. The van der Waals surface area contributed by atoms with E-state index in [9.17, 15) is 14.7 Å². The lowest BCUT2D eigenvalue weighted by Crippen LogP contribution is -2.63. The highest BCUT2D eigenvalue weighted by atomic mass is 32.2. The van der Waals surface area contributed by atoms with Crippen LogP contribution >= 0.6 is 11.8 Å². The van der Waals surface area contributed by atoms with Gasteiger partial charge in [0.05, 0.1) is 24.5 Å². The molecule has 216 valence electrons. The van der Waals surface area contributed by atoms with Crippen molar-refractivity contribution in [1.29, 1.82) is 0 Å². The Hall–Kier alpha value is -2.65. The van der Waals surface area contributed by atoms with E-state index >= 15 is 0 Å². The van der Waals surface area contributed by atoms with Crippen molar-refractivity contribution in [2.24, 2.45) is 34.0 Å². The van der Waals surface area contributed by atoms with E-state index < -0.39 is 23.0 Å². The number of ketones is 1. The van der Waals surface area contributed by atoms with Crippen LogP contribution in [-0.4, -0.2) is 57.1 Å². The third-order valence-electron chi connectivity index (χ3n) is 10.7. The summed E-state index contributed by atoms with van der Waals surface area (Å²) in [6, 6.07) is 7.51. The Morgan fingerprint density at radius 3 is 2.75 bits per heavy atom. The number of aromatic nitrogens is 3. The average molecular weight is 568 g/mol. The lowest BCUT2D eigenvalue weighted by Gasteiger charge is -2.61. The molecule has 1 aromatic carbocycles. The van der Waals surface area contributed by atoms with Crippen molar-refractivity contribution < 1.29 is 24.2 Å². The highest BCUT2D eigenvalue weighted by Gasteiger charge is 2.68. The Bertz CT molecular complexity index is 1300. The van der Waals surface area contributed by atoms with Crippen molar-refractivity contribution in [2.45, 2.75) is 77.2 Å². The number of esters is 1. The van der Waals surface area contributed by atoms with Crippen LogP contribution in [0.1, 0.15) is 59.8 Å². The van der Waals surface area contributed by atoms with Crippen LogP contribution in [0.25, 0.3) is 11.4 Å². The Morgan fingerprint density at radius 1 is 1.27 bits per heavy atom. The molecule has 3 saturated carbocycles. The second-order valence-electron chi connectivity index (χ2n) is 12.5. The number of aromatic amines is 1. The summed E-state index contributed by atoms with van der Waals surface area (Å²) in [5.41, 5.74) is -0.712. The second kappa shape index (κ2) is 10.6. The van der Waals surface area contributed by atoms with Crippen LogP contribution in [0, 0.1) is 34.0 Å². The first-order valence-electron chi connectivity index (χ1n) is 14.2. The SMILES string of the molecule is C=C[C@]1(C)C[C@@H](OC(=O)CSc2n[nH]c(-c3ccccc3OC)n2)[C@]2(C)[C@H](C)CC[C@]3(CCC(=O)[C@H]32)[C@@H](C)[C@@H]1O. The highest BCUT2D eigenvalue weighted by Crippen LogP contribution is 2.68. The molecular weight excluding hydrogens is 526 g/mol. The molecule has 0 unspecified atom stereocenters. The van der Waals surface area contributed by atoms with Gasteiger partial charge in [-0.15, -0.1) is 11.7 Å². The van der Waals surface area contributed by atoms with Gasteiger partial charge in [-0.2, -0.15) is 0 Å². The second-order valence-corrected chi connectivity index (χ2v) is 13.5. The molecular formula is C31H41N3O5S. The predicted molar refractivity (Wildman–Crippen MR) is 154 cm³/mol. The fraction of sp³-hybridized carbons (Fsp3) is 0.613. The molecule has 0 aliphatic heterocycles. The summed E-state index contributed by atoms with van der Waals surface area (Å²) in [7, 11) is 1.60. The molecule has 2 N–H and O–H groups in total. The molecule has 0 radical (unpaired) electrons. The van der Waals surface area contributed by atoms with Gasteiger partial charge in [0.25, 0.3) is 0 Å². The van der Waals surface area contributed by atoms with E-state index in [0.717, 1.165) is 24.8 Å². The number of thioether (sulfide) groups is 1. The van der Waals surface area contributed by atoms with Crippen molar-refractivity contribution in [3.63, 3.8) is 0 Å². The van der Waals surface area contributed by atoms with Gasteiger partial charge in [-0.3, -0.25) is 14.7 Å². The van der Waals surface area contributed by atoms with Gasteiger partial charge in [0.2, 0.25) is 5.16 Å². The summed E-state index contributed by atoms with van der Waals surface area (Å²) in [5.74, 6) is 0.992. The Labute approximate surface area is 240 Å². The molecule has 5 rings (SSSR count). The summed E-state index contributed by atoms with van der Waals surface area (Å²) in [5, 5.41) is 19.3. The van der Waals surface area contributed by atoms with Gasteiger partial charge in [-0.25, -0.2) is 4.98 Å². The standard InChI is InChI=1S/C31H41N3O5S/c1-7-29(4)16-23(30(5)18(2)12-14-31(19(3)26(29)37)15-13-21(35)25(30)31)39-24(36)17-40-28-32-27(33-34-28)20-10-8-9-11-22(20)38-6/h7-11,18-19,23,25-26,37H,1,12-17H2,2-6H3,(H,32,33,34)/t18-,19+,23-,25+,26+,29-,30+,31+/m1/s1. The number of aliphatic hydroxyl groups excluding tert-OH is 1. The third kappa shape index (κ3) is 4.49. The molecule has 8 nitrogen and oxygen atoms in total. The predicted octanol–water partition coefficient (Wildman–Crippen LogP) is 5.48. The number of aliphatic hydroxyl groups is 1. The van der Waals surface area contributed by atoms with Crippen LogP contribution in [-0.2, 0) is 14.3 Å². The van der Waals surface area contributed by atoms with Crippen molar-refractivity contribution in [2.75, 3.05) is 12.9 Å². The zero-order valence-electron chi connectivity index (χ0n) is 24.1. The normalized spacial score (nSPS) is 37.2. The van der Waals surface area contributed by atoms with Gasteiger partial charge in [0.15, 0.2) is 5.82 Å². The number of rotatable bonds is 7. The van der Waals surface area contributed by atoms with E-state index in [1.807, 2.05) is 37.3 Å². The van der Waals surface area contributed by atoms with E-state index in [0.29, 0.717) is 29.6 Å². The zero-order chi connectivity index (χ0) is 28.9. The fourth-order valence-electron chi connectivity index (χ4n) is 8.09. The van der Waals surface area contributed by atoms with Crippen molar-refractivity contribution >= 4 is 23.5 Å². The molecule has 9 heteroatoms. The Balaban J connectivity index is 1.39. The number of H-pyrrole nitrogens is 1. The van der Waals surface area contributed by atoms with Crippen molar-refractivity contribution in [3.8, 4) is 17.1 Å². The number of benzene rings is 1. The fourth-order valence-corrected chi connectivity index (χ4v) is 8.67. The first-order valence-corrected chi connectivity index (χ1v) is 15.2. The molecule has 3 fully saturated rings. The quantitative estimate of drug-likeness (QED) is 0.257. The number of Topliss-reactive ketones (excluding diaryl/α,β-unsaturated/α-hetero) is 1. The van der Waals surface area contributed by atoms with E-state index in [2.05, 4.69) is 42.5 Å². The number of methoxy groups -OCH3 is 1. The van der Waals surface area contributed by atoms with Crippen LogP contribution in [0.5, 0.6) is 5.75 Å². The number of ether oxygens (including phenoxy) is 2. The average Bonchev–Trinajstić information content (AvgIpc) is 3.57. The molecule has 1 aromatic heterocycles. The molecule has 0 amide bonds. The number of para-hydroxylation sites is 1. The van der Waals surface area contributed by atoms with Crippen LogP contribution in [0.4, 0.5) is 0 Å². The summed E-state index contributed by atoms with van der Waals surface area (Å²) in [6.07, 6.45) is 4.14. The van der Waals surface area contributed by atoms with Crippen LogP contribution in [0.3, 0.4) is 0 Å². The monoisotopic (exact) mass is 567 g/mol. The third-order valence-corrected chi connectivity index (χ3v) is 11.5. The van der Waals surface area contributed by atoms with Crippen LogP contribution in [0.15, 0.2) is 42.1 Å². The van der Waals surface area contributed by atoms with Gasteiger partial charge in [0.1, 0.15) is 17.6 Å². The Kier molecular flexibility index (Phi) is 7.68. The maximum atomic E-state index is 13.5. The van der Waals surface area contributed by atoms with Crippen molar-refractivity contribution in [1.82, 2.24) is 15.2 Å². The number of nitrogens with zero attached hydrogens (tertiary/aromatic N) is 2. The molecule has 3 aliphatic carbocycles. The molecule has 1 heterocycles. The van der Waals surface area contributed by atoms with Gasteiger partial charge in [0, 0.05) is 23.2 Å². The molecule has 3 aliphatic rings. The van der Waals surface area contributed by atoms with Crippen LogP contribution < -0.4 is 4.74 Å². The van der Waals surface area contributed by atoms with Crippen LogP contribution in [0.2, 0.25) is 0 Å². The molecule has 0 spiro atoms. The van der Waals surface area contributed by atoms with E-state index in [4.69, 9.17) is 9.47 Å². The number of hydrogen-bond donors (Lipinski definition) is 2.